The van der Waals surface area contributed by atoms with E-state index in [0.717, 1.165) is 34.3 Å². The summed E-state index contributed by atoms with van der Waals surface area (Å²) in [6, 6.07) is 8.48. The minimum atomic E-state index is 0.0828. The third kappa shape index (κ3) is 2.31. The zero-order valence-electron chi connectivity index (χ0n) is 14.2. The largest absolute Gasteiger partial charge is 0.464 e. The van der Waals surface area contributed by atoms with Crippen LogP contribution in [0.1, 0.15) is 37.4 Å². The summed E-state index contributed by atoms with van der Waals surface area (Å²) in [5.74, 6) is 0.967. The van der Waals surface area contributed by atoms with E-state index < -0.39 is 0 Å². The Balaban J connectivity index is 1.65. The van der Waals surface area contributed by atoms with Crippen molar-refractivity contribution in [3.63, 3.8) is 0 Å². The summed E-state index contributed by atoms with van der Waals surface area (Å²) in [6.45, 7) is 6.27. The van der Waals surface area contributed by atoms with Crippen LogP contribution < -0.4 is 4.90 Å². The van der Waals surface area contributed by atoms with Gasteiger partial charge in [0.25, 0.3) is 0 Å². The molecule has 0 saturated carbocycles. The number of rotatable bonds is 2. The predicted octanol–water partition coefficient (Wildman–Crippen LogP) is 3.87. The molecule has 24 heavy (non-hydrogen) atoms. The van der Waals surface area contributed by atoms with Crippen LogP contribution >= 0.6 is 0 Å². The lowest BCUT2D eigenvalue weighted by Gasteiger charge is -2.37. The molecule has 3 heterocycles. The molecule has 0 fully saturated rings. The van der Waals surface area contributed by atoms with Crippen LogP contribution in [0, 0.1) is 6.92 Å². The zero-order chi connectivity index (χ0) is 16.8. The van der Waals surface area contributed by atoms with Crippen molar-refractivity contribution in [3.05, 3.63) is 47.9 Å². The quantitative estimate of drug-likeness (QED) is 0.719. The summed E-state index contributed by atoms with van der Waals surface area (Å²) >= 11 is 0. The molecule has 2 aromatic heterocycles. The summed E-state index contributed by atoms with van der Waals surface area (Å²) in [6.07, 6.45) is 4.71. The fourth-order valence-corrected chi connectivity index (χ4v) is 3.71. The van der Waals surface area contributed by atoms with Gasteiger partial charge in [0.1, 0.15) is 11.4 Å². The minimum absolute atomic E-state index is 0.0828. The van der Waals surface area contributed by atoms with E-state index in [0.29, 0.717) is 12.5 Å². The number of fused-ring (bicyclic) bond motifs is 2. The summed E-state index contributed by atoms with van der Waals surface area (Å²) in [5, 5.41) is 5.38. The van der Waals surface area contributed by atoms with Gasteiger partial charge in [-0.1, -0.05) is 12.1 Å². The van der Waals surface area contributed by atoms with Crippen LogP contribution in [-0.4, -0.2) is 21.7 Å². The van der Waals surface area contributed by atoms with Gasteiger partial charge in [0.15, 0.2) is 0 Å². The van der Waals surface area contributed by atoms with Gasteiger partial charge in [-0.15, -0.1) is 0 Å². The maximum atomic E-state index is 13.0. The number of amides is 1. The molecule has 1 amide bonds. The second-order valence-corrected chi connectivity index (χ2v) is 6.77. The van der Waals surface area contributed by atoms with Crippen molar-refractivity contribution in [2.75, 3.05) is 4.90 Å². The van der Waals surface area contributed by atoms with Crippen LogP contribution in [0.15, 0.2) is 41.1 Å². The Hall–Kier alpha value is -2.56. The Morgan fingerprint density at radius 3 is 2.96 bits per heavy atom. The number of benzene rings is 1. The van der Waals surface area contributed by atoms with Crippen molar-refractivity contribution < 1.29 is 9.21 Å². The van der Waals surface area contributed by atoms with Gasteiger partial charge in [-0.2, -0.15) is 5.10 Å². The van der Waals surface area contributed by atoms with Gasteiger partial charge in [-0.3, -0.25) is 9.69 Å². The summed E-state index contributed by atoms with van der Waals surface area (Å²) in [5.41, 5.74) is 2.92. The second kappa shape index (κ2) is 5.51. The van der Waals surface area contributed by atoms with Gasteiger partial charge < -0.3 is 4.42 Å². The number of hydrogen-bond acceptors (Lipinski definition) is 3. The Morgan fingerprint density at radius 2 is 2.12 bits per heavy atom. The monoisotopic (exact) mass is 323 g/mol. The van der Waals surface area contributed by atoms with E-state index in [1.54, 1.807) is 12.5 Å². The smallest absolute Gasteiger partial charge is 0.232 e. The Bertz CT molecular complexity index is 908. The molecule has 0 radical (unpaired) electrons. The lowest BCUT2D eigenvalue weighted by atomic mass is 10.0. The summed E-state index contributed by atoms with van der Waals surface area (Å²) in [7, 11) is 0. The number of anilines is 1. The maximum absolute atomic E-state index is 13.0. The average molecular weight is 323 g/mol. The van der Waals surface area contributed by atoms with Gasteiger partial charge in [0.05, 0.1) is 24.9 Å². The topological polar surface area (TPSA) is 51.3 Å². The SMILES string of the molecule is Cc1ccc2c(CC(=O)N3c4ccnn4[C@H](C)C[C@@H]3C)coc2c1. The van der Waals surface area contributed by atoms with E-state index in [4.69, 9.17) is 4.42 Å². The molecule has 1 aromatic carbocycles. The Kier molecular flexibility index (Phi) is 3.44. The predicted molar refractivity (Wildman–Crippen MR) is 93.2 cm³/mol. The number of aromatic nitrogens is 2. The summed E-state index contributed by atoms with van der Waals surface area (Å²) < 4.78 is 7.57. The van der Waals surface area contributed by atoms with E-state index in [2.05, 4.69) is 18.9 Å². The van der Waals surface area contributed by atoms with Crippen LogP contribution in [0.25, 0.3) is 11.0 Å². The molecule has 0 saturated heterocycles. The van der Waals surface area contributed by atoms with Gasteiger partial charge in [-0.05, 0) is 38.8 Å². The van der Waals surface area contributed by atoms with Gasteiger partial charge in [0, 0.05) is 23.1 Å². The third-order valence-corrected chi connectivity index (χ3v) is 4.86. The molecule has 0 N–H and O–H groups in total. The van der Waals surface area contributed by atoms with Crippen molar-refractivity contribution >= 4 is 22.7 Å². The normalized spacial score (nSPS) is 20.4. The first kappa shape index (κ1) is 15.0. The van der Waals surface area contributed by atoms with Gasteiger partial charge >= 0.3 is 0 Å². The van der Waals surface area contributed by atoms with Crippen LogP contribution in [0.4, 0.5) is 5.82 Å². The van der Waals surface area contributed by atoms with E-state index >= 15 is 0 Å². The number of nitrogens with zero attached hydrogens (tertiary/aromatic N) is 3. The average Bonchev–Trinajstić information content (AvgIpc) is 3.15. The van der Waals surface area contributed by atoms with Crippen LogP contribution in [-0.2, 0) is 11.2 Å². The van der Waals surface area contributed by atoms with Crippen LogP contribution in [0.5, 0.6) is 0 Å². The van der Waals surface area contributed by atoms with E-state index in [1.807, 2.05) is 40.8 Å². The molecule has 3 aromatic rings. The fourth-order valence-electron chi connectivity index (χ4n) is 3.71. The maximum Gasteiger partial charge on any atom is 0.232 e. The van der Waals surface area contributed by atoms with Crippen LogP contribution in [0.2, 0.25) is 0 Å². The molecule has 5 heteroatoms. The molecule has 124 valence electrons. The number of aryl methyl sites for hydroxylation is 1. The van der Waals surface area contributed by atoms with Crippen LogP contribution in [0.3, 0.4) is 0 Å². The second-order valence-electron chi connectivity index (χ2n) is 6.77. The van der Waals surface area contributed by atoms with E-state index in [9.17, 15) is 4.79 Å². The van der Waals surface area contributed by atoms with Gasteiger partial charge in [0.2, 0.25) is 5.91 Å². The highest BCUT2D eigenvalue weighted by molar-refractivity contribution is 5.97. The third-order valence-electron chi connectivity index (χ3n) is 4.86. The molecule has 1 aliphatic heterocycles. The summed E-state index contributed by atoms with van der Waals surface area (Å²) in [4.78, 5) is 14.9. The van der Waals surface area contributed by atoms with Crippen molar-refractivity contribution in [2.24, 2.45) is 0 Å². The van der Waals surface area contributed by atoms with E-state index in [-0.39, 0.29) is 11.9 Å². The lowest BCUT2D eigenvalue weighted by Crippen LogP contribution is -2.45. The molecule has 0 aliphatic carbocycles. The molecule has 1 aliphatic rings. The molecule has 0 spiro atoms. The molecule has 2 atom stereocenters. The first-order valence-corrected chi connectivity index (χ1v) is 8.37. The number of hydrogen-bond donors (Lipinski definition) is 0. The highest BCUT2D eigenvalue weighted by atomic mass is 16.3. The number of carbonyl (C=O) groups excluding carboxylic acids is 1. The van der Waals surface area contributed by atoms with Crippen molar-refractivity contribution in [1.29, 1.82) is 0 Å². The highest BCUT2D eigenvalue weighted by Crippen LogP contribution is 2.32. The van der Waals surface area contributed by atoms with Crippen molar-refractivity contribution in [3.8, 4) is 0 Å². The first-order chi connectivity index (χ1) is 11.5. The van der Waals surface area contributed by atoms with Gasteiger partial charge in [-0.25, -0.2) is 4.68 Å². The molecule has 5 nitrogen and oxygen atoms in total. The highest BCUT2D eigenvalue weighted by Gasteiger charge is 2.32. The zero-order valence-corrected chi connectivity index (χ0v) is 14.2. The number of carbonyl (C=O) groups is 1. The number of furan rings is 1. The molecule has 0 bridgehead atoms. The standard InChI is InChI=1S/C19H21N3O2/c1-12-4-5-16-15(11-24-17(16)8-12)10-19(23)21-13(2)9-14(3)22-18(21)6-7-20-22/h4-8,11,13-14H,9-10H2,1-3H3/t13-,14+/m0/s1. The van der Waals surface area contributed by atoms with Crippen molar-refractivity contribution in [1.82, 2.24) is 9.78 Å². The minimum Gasteiger partial charge on any atom is -0.464 e. The van der Waals surface area contributed by atoms with E-state index in [1.165, 1.54) is 0 Å². The fraction of sp³-hybridized carbons (Fsp3) is 0.368. The Morgan fingerprint density at radius 1 is 1.29 bits per heavy atom. The first-order valence-electron chi connectivity index (χ1n) is 8.37. The molecule has 0 unspecified atom stereocenters. The molecular weight excluding hydrogens is 302 g/mol. The molecular formula is C19H21N3O2. The Labute approximate surface area is 140 Å². The lowest BCUT2D eigenvalue weighted by molar-refractivity contribution is -0.118. The molecule has 4 rings (SSSR count). The van der Waals surface area contributed by atoms with Crippen molar-refractivity contribution in [2.45, 2.75) is 45.7 Å².